The molecule has 2 rings (SSSR count). The summed E-state index contributed by atoms with van der Waals surface area (Å²) in [5, 5.41) is 11.4. The summed E-state index contributed by atoms with van der Waals surface area (Å²) in [6.45, 7) is -0.829. The van der Waals surface area contributed by atoms with Crippen LogP contribution in [0.1, 0.15) is 10.4 Å². The zero-order valence-electron chi connectivity index (χ0n) is 15.4. The maximum atomic E-state index is 12.7. The molecule has 0 radical (unpaired) electrons. The molecule has 0 aromatic heterocycles. The van der Waals surface area contributed by atoms with Crippen LogP contribution in [0, 0.1) is 0 Å². The minimum absolute atomic E-state index is 0.323. The third-order valence-electron chi connectivity index (χ3n) is 4.20. The van der Waals surface area contributed by atoms with Gasteiger partial charge in [0.1, 0.15) is 12.4 Å². The summed E-state index contributed by atoms with van der Waals surface area (Å²) in [5.74, 6) is -1.18. The number of aliphatic hydroxyl groups excluding tert-OH is 1. The van der Waals surface area contributed by atoms with E-state index in [1.807, 2.05) is 24.3 Å². The molecule has 0 aliphatic carbocycles. The van der Waals surface area contributed by atoms with E-state index < -0.39 is 30.2 Å². The highest BCUT2D eigenvalue weighted by Gasteiger charge is 2.32. The number of ether oxygens (including phenoxy) is 1. The molecule has 0 aliphatic rings. The van der Waals surface area contributed by atoms with Crippen molar-refractivity contribution in [1.29, 1.82) is 0 Å². The second-order valence-electron chi connectivity index (χ2n) is 5.87. The molecule has 0 heterocycles. The Hall–Kier alpha value is -3.19. The Morgan fingerprint density at radius 2 is 1.78 bits per heavy atom. The Labute approximate surface area is 157 Å². The molecule has 142 valence electrons. The Morgan fingerprint density at radius 3 is 2.33 bits per heavy atom. The first-order valence-corrected chi connectivity index (χ1v) is 8.29. The number of hydrogen-bond acceptors (Lipinski definition) is 5. The third kappa shape index (κ3) is 4.51. The monoisotopic (exact) mass is 370 g/mol. The van der Waals surface area contributed by atoms with E-state index >= 15 is 0 Å². The van der Waals surface area contributed by atoms with Gasteiger partial charge in [-0.3, -0.25) is 14.4 Å². The standard InChI is InChI=1S/C20H22N2O5/c1-21-19(25)18(17(24)12-23)22(2)20(26)14-9-7-13(8-10-14)15-5-4-6-16(11-15)27-3/h4-11,18,23H,12H2,1-3H3,(H,21,25). The highest BCUT2D eigenvalue weighted by atomic mass is 16.5. The van der Waals surface area contributed by atoms with Gasteiger partial charge in [-0.2, -0.15) is 0 Å². The predicted octanol–water partition coefficient (Wildman–Crippen LogP) is 1.11. The lowest BCUT2D eigenvalue weighted by molar-refractivity contribution is -0.135. The number of hydrogen-bond donors (Lipinski definition) is 2. The molecule has 1 atom stereocenters. The molecular weight excluding hydrogens is 348 g/mol. The van der Waals surface area contributed by atoms with Gasteiger partial charge in [-0.05, 0) is 35.4 Å². The van der Waals surface area contributed by atoms with Gasteiger partial charge in [0, 0.05) is 19.7 Å². The molecule has 0 saturated carbocycles. The fraction of sp³-hybridized carbons (Fsp3) is 0.250. The largest absolute Gasteiger partial charge is 0.497 e. The molecule has 2 N–H and O–H groups in total. The number of aliphatic hydroxyl groups is 1. The summed E-state index contributed by atoms with van der Waals surface area (Å²) in [5.41, 5.74) is 2.14. The van der Waals surface area contributed by atoms with Crippen LogP contribution >= 0.6 is 0 Å². The second-order valence-corrected chi connectivity index (χ2v) is 5.87. The summed E-state index contributed by atoms with van der Waals surface area (Å²) in [6.07, 6.45) is 0. The van der Waals surface area contributed by atoms with Crippen LogP contribution in [0.2, 0.25) is 0 Å². The van der Waals surface area contributed by atoms with Gasteiger partial charge in [0.25, 0.3) is 5.91 Å². The molecule has 0 fully saturated rings. The summed E-state index contributed by atoms with van der Waals surface area (Å²) in [4.78, 5) is 37.5. The zero-order chi connectivity index (χ0) is 20.0. The highest BCUT2D eigenvalue weighted by Crippen LogP contribution is 2.24. The SMILES string of the molecule is CNC(=O)C(C(=O)CO)N(C)C(=O)c1ccc(-c2cccc(OC)c2)cc1. The molecule has 0 bridgehead atoms. The number of rotatable bonds is 7. The molecule has 2 amide bonds. The van der Waals surface area contributed by atoms with E-state index in [2.05, 4.69) is 5.32 Å². The average molecular weight is 370 g/mol. The first kappa shape index (κ1) is 20.1. The summed E-state index contributed by atoms with van der Waals surface area (Å²) >= 11 is 0. The minimum atomic E-state index is -1.38. The zero-order valence-corrected chi connectivity index (χ0v) is 15.4. The first-order valence-electron chi connectivity index (χ1n) is 8.29. The van der Waals surface area contributed by atoms with Crippen LogP contribution in [0.5, 0.6) is 5.75 Å². The van der Waals surface area contributed by atoms with Gasteiger partial charge in [-0.15, -0.1) is 0 Å². The molecule has 7 heteroatoms. The number of amides is 2. The Bertz CT molecular complexity index is 817. The van der Waals surface area contributed by atoms with Crippen LogP contribution in [0.15, 0.2) is 48.5 Å². The Morgan fingerprint density at radius 1 is 1.11 bits per heavy atom. The van der Waals surface area contributed by atoms with Crippen molar-refractivity contribution >= 4 is 17.6 Å². The topological polar surface area (TPSA) is 95.9 Å². The van der Waals surface area contributed by atoms with Crippen molar-refractivity contribution in [2.24, 2.45) is 0 Å². The third-order valence-corrected chi connectivity index (χ3v) is 4.20. The summed E-state index contributed by atoms with van der Waals surface area (Å²) in [6, 6.07) is 12.9. The maximum Gasteiger partial charge on any atom is 0.254 e. The first-order chi connectivity index (χ1) is 12.9. The number of carbonyl (C=O) groups is 3. The van der Waals surface area contributed by atoms with Gasteiger partial charge in [-0.25, -0.2) is 0 Å². The summed E-state index contributed by atoms with van der Waals surface area (Å²) in [7, 11) is 4.31. The molecule has 0 saturated heterocycles. The normalized spacial score (nSPS) is 11.4. The highest BCUT2D eigenvalue weighted by molar-refractivity contribution is 6.10. The van der Waals surface area contributed by atoms with E-state index in [4.69, 9.17) is 9.84 Å². The van der Waals surface area contributed by atoms with Crippen LogP contribution in [0.4, 0.5) is 0 Å². The quantitative estimate of drug-likeness (QED) is 0.712. The molecule has 1 unspecified atom stereocenters. The fourth-order valence-corrected chi connectivity index (χ4v) is 2.69. The number of Topliss-reactive ketones (excluding diaryl/α,β-unsaturated/α-hetero) is 1. The Kier molecular flexibility index (Phi) is 6.67. The van der Waals surface area contributed by atoms with E-state index in [1.165, 1.54) is 14.1 Å². The van der Waals surface area contributed by atoms with Crippen molar-refractivity contribution in [2.45, 2.75) is 6.04 Å². The van der Waals surface area contributed by atoms with Crippen LogP contribution in [-0.2, 0) is 9.59 Å². The van der Waals surface area contributed by atoms with Gasteiger partial charge in [0.05, 0.1) is 7.11 Å². The summed E-state index contributed by atoms with van der Waals surface area (Å²) < 4.78 is 5.21. The number of likely N-dealkylation sites (N-methyl/N-ethyl adjacent to an activating group) is 2. The van der Waals surface area contributed by atoms with E-state index in [9.17, 15) is 14.4 Å². The van der Waals surface area contributed by atoms with Crippen molar-refractivity contribution in [2.75, 3.05) is 27.8 Å². The lowest BCUT2D eigenvalue weighted by atomic mass is 10.0. The van der Waals surface area contributed by atoms with E-state index in [0.29, 0.717) is 5.56 Å². The molecular formula is C20H22N2O5. The van der Waals surface area contributed by atoms with Crippen molar-refractivity contribution in [3.05, 3.63) is 54.1 Å². The van der Waals surface area contributed by atoms with E-state index in [-0.39, 0.29) is 0 Å². The van der Waals surface area contributed by atoms with Crippen molar-refractivity contribution in [3.8, 4) is 16.9 Å². The molecule has 7 nitrogen and oxygen atoms in total. The van der Waals surface area contributed by atoms with Crippen LogP contribution < -0.4 is 10.1 Å². The Balaban J connectivity index is 2.25. The van der Waals surface area contributed by atoms with Gasteiger partial charge in [-0.1, -0.05) is 24.3 Å². The van der Waals surface area contributed by atoms with Gasteiger partial charge >= 0.3 is 0 Å². The van der Waals surface area contributed by atoms with Gasteiger partial charge < -0.3 is 20.1 Å². The molecule has 0 spiro atoms. The number of carbonyl (C=O) groups excluding carboxylic acids is 3. The molecule has 2 aromatic rings. The number of methoxy groups -OCH3 is 1. The minimum Gasteiger partial charge on any atom is -0.497 e. The molecule has 27 heavy (non-hydrogen) atoms. The van der Waals surface area contributed by atoms with Gasteiger partial charge in [0.15, 0.2) is 11.8 Å². The lowest BCUT2D eigenvalue weighted by Gasteiger charge is -2.25. The number of nitrogens with zero attached hydrogens (tertiary/aromatic N) is 1. The van der Waals surface area contributed by atoms with E-state index in [1.54, 1.807) is 31.4 Å². The molecule has 2 aromatic carbocycles. The van der Waals surface area contributed by atoms with Crippen molar-refractivity contribution in [3.63, 3.8) is 0 Å². The maximum absolute atomic E-state index is 12.7. The second kappa shape index (κ2) is 8.95. The predicted molar refractivity (Wildman–Crippen MR) is 100 cm³/mol. The van der Waals surface area contributed by atoms with Crippen molar-refractivity contribution < 1.29 is 24.2 Å². The lowest BCUT2D eigenvalue weighted by Crippen LogP contribution is -2.52. The smallest absolute Gasteiger partial charge is 0.254 e. The number of nitrogens with one attached hydrogen (secondary N) is 1. The molecule has 0 aliphatic heterocycles. The fourth-order valence-electron chi connectivity index (χ4n) is 2.69. The van der Waals surface area contributed by atoms with Gasteiger partial charge in [0.2, 0.25) is 5.91 Å². The van der Waals surface area contributed by atoms with Crippen LogP contribution in [0.3, 0.4) is 0 Å². The van der Waals surface area contributed by atoms with Crippen LogP contribution in [0.25, 0.3) is 11.1 Å². The van der Waals surface area contributed by atoms with Crippen molar-refractivity contribution in [1.82, 2.24) is 10.2 Å². The number of ketones is 1. The van der Waals surface area contributed by atoms with Crippen LogP contribution in [-0.4, -0.2) is 61.5 Å². The van der Waals surface area contributed by atoms with E-state index in [0.717, 1.165) is 21.8 Å². The average Bonchev–Trinajstić information content (AvgIpc) is 2.72. The number of benzene rings is 2.